The third-order valence-corrected chi connectivity index (χ3v) is 4.59. The normalized spacial score (nSPS) is 12.0. The van der Waals surface area contributed by atoms with Gasteiger partial charge in [0.25, 0.3) is 0 Å². The van der Waals surface area contributed by atoms with Gasteiger partial charge in [0.2, 0.25) is 4.90 Å². The van der Waals surface area contributed by atoms with Crippen LogP contribution in [0.2, 0.25) is 0 Å². The van der Waals surface area contributed by atoms with Crippen LogP contribution in [0.3, 0.4) is 0 Å². The summed E-state index contributed by atoms with van der Waals surface area (Å²) < 4.78 is 10.9. The molecule has 166 valence electrons. The molecule has 0 aliphatic carbocycles. The third-order valence-electron chi connectivity index (χ3n) is 3.81. The van der Waals surface area contributed by atoms with Crippen LogP contribution in [0.4, 0.5) is 0 Å². The molecule has 2 aromatic heterocycles. The quantitative estimate of drug-likeness (QED) is 0.363. The van der Waals surface area contributed by atoms with Crippen LogP contribution in [0.5, 0.6) is 5.75 Å². The first kappa shape index (κ1) is 24.1. The molecule has 0 bridgehead atoms. The highest BCUT2D eigenvalue weighted by molar-refractivity contribution is 7.16. The number of fused-ring (bicyclic) bond motifs is 1. The number of nitrogens with zero attached hydrogens (tertiary/aromatic N) is 1. The van der Waals surface area contributed by atoms with Crippen LogP contribution in [0.1, 0.15) is 13.8 Å². The zero-order chi connectivity index (χ0) is 22.8. The lowest BCUT2D eigenvalue weighted by Crippen LogP contribution is -2.35. The van der Waals surface area contributed by atoms with E-state index in [-0.39, 0.29) is 6.61 Å². The largest absolute Gasteiger partial charge is 0.491 e. The van der Waals surface area contributed by atoms with Crippen LogP contribution >= 0.6 is 11.3 Å². The van der Waals surface area contributed by atoms with E-state index in [1.165, 1.54) is 11.3 Å². The number of nitrogens with one attached hydrogen (secondary N) is 1. The predicted molar refractivity (Wildman–Crippen MR) is 116 cm³/mol. The Morgan fingerprint density at radius 3 is 2.39 bits per heavy atom. The van der Waals surface area contributed by atoms with Crippen molar-refractivity contribution in [2.45, 2.75) is 26.0 Å². The standard InChI is InChI=1S/C17H20N2O3S.C4H4O4/c1-11(2)18-9-13(20)10-21-14-5-3-12(4-6-14)16-15-7-8-23-17(15)22-19-16;5-3(6)1-2-4(7)8/h3-8,11,13,18,20H,9-10H2,1-2H3;1-2H,(H,5,6)(H,7,8). The molecule has 10 heteroatoms. The van der Waals surface area contributed by atoms with E-state index < -0.39 is 18.0 Å². The van der Waals surface area contributed by atoms with Gasteiger partial charge in [0.05, 0.1) is 5.39 Å². The van der Waals surface area contributed by atoms with Gasteiger partial charge in [-0.2, -0.15) is 0 Å². The van der Waals surface area contributed by atoms with Gasteiger partial charge in [0.1, 0.15) is 24.2 Å². The van der Waals surface area contributed by atoms with Crippen LogP contribution in [0.25, 0.3) is 21.5 Å². The molecule has 2 heterocycles. The van der Waals surface area contributed by atoms with E-state index >= 15 is 0 Å². The van der Waals surface area contributed by atoms with E-state index in [2.05, 4.69) is 10.5 Å². The van der Waals surface area contributed by atoms with E-state index in [0.717, 1.165) is 27.3 Å². The van der Waals surface area contributed by atoms with Crippen molar-refractivity contribution in [2.75, 3.05) is 13.2 Å². The maximum atomic E-state index is 9.85. The minimum Gasteiger partial charge on any atom is -0.491 e. The third kappa shape index (κ3) is 8.21. The average Bonchev–Trinajstić information content (AvgIpc) is 3.34. The summed E-state index contributed by atoms with van der Waals surface area (Å²) in [6.07, 6.45) is 0.586. The van der Waals surface area contributed by atoms with Crippen LogP contribution in [0, 0.1) is 0 Å². The number of benzene rings is 1. The van der Waals surface area contributed by atoms with Gasteiger partial charge < -0.3 is 29.9 Å². The SMILES string of the molecule is CC(C)NCC(O)COc1ccc(-c2noc3sccc23)cc1.O=C(O)C=CC(=O)O. The fourth-order valence-electron chi connectivity index (χ4n) is 2.36. The molecule has 1 unspecified atom stereocenters. The molecule has 0 saturated carbocycles. The number of thiophene rings is 1. The first-order valence-electron chi connectivity index (χ1n) is 9.37. The molecule has 0 aliphatic heterocycles. The Balaban J connectivity index is 0.000000366. The summed E-state index contributed by atoms with van der Waals surface area (Å²) in [5.74, 6) is -1.79. The van der Waals surface area contributed by atoms with Crippen molar-refractivity contribution in [2.24, 2.45) is 0 Å². The van der Waals surface area contributed by atoms with Gasteiger partial charge in [-0.1, -0.05) is 19.0 Å². The Morgan fingerprint density at radius 1 is 1.16 bits per heavy atom. The van der Waals surface area contributed by atoms with Gasteiger partial charge in [0, 0.05) is 30.3 Å². The van der Waals surface area contributed by atoms with Crippen LogP contribution in [0.15, 0.2) is 52.4 Å². The molecule has 0 saturated heterocycles. The smallest absolute Gasteiger partial charge is 0.328 e. The second-order valence-corrected chi connectivity index (χ2v) is 7.59. The molecule has 0 radical (unpaired) electrons. The van der Waals surface area contributed by atoms with Gasteiger partial charge in [-0.3, -0.25) is 0 Å². The number of carbonyl (C=O) groups is 2. The minimum atomic E-state index is -1.26. The van der Waals surface area contributed by atoms with Crippen molar-refractivity contribution in [3.8, 4) is 17.0 Å². The van der Waals surface area contributed by atoms with Gasteiger partial charge >= 0.3 is 11.9 Å². The van der Waals surface area contributed by atoms with Crippen molar-refractivity contribution in [3.05, 3.63) is 47.9 Å². The van der Waals surface area contributed by atoms with Gasteiger partial charge in [0.15, 0.2) is 0 Å². The summed E-state index contributed by atoms with van der Waals surface area (Å²) in [6, 6.07) is 10.0. The van der Waals surface area contributed by atoms with Crippen molar-refractivity contribution >= 4 is 33.6 Å². The van der Waals surface area contributed by atoms with Gasteiger partial charge in [-0.25, -0.2) is 9.59 Å². The Bertz CT molecular complexity index is 992. The van der Waals surface area contributed by atoms with Crippen molar-refractivity contribution < 1.29 is 34.2 Å². The number of aliphatic carboxylic acids is 2. The van der Waals surface area contributed by atoms with Crippen LogP contribution in [-0.2, 0) is 9.59 Å². The number of aromatic nitrogens is 1. The first-order chi connectivity index (χ1) is 14.8. The number of carboxylic acids is 2. The molecular weight excluding hydrogens is 424 g/mol. The van der Waals surface area contributed by atoms with Crippen molar-refractivity contribution in [1.82, 2.24) is 10.5 Å². The summed E-state index contributed by atoms with van der Waals surface area (Å²) in [4.78, 5) is 19.9. The molecule has 3 rings (SSSR count). The predicted octanol–water partition coefficient (Wildman–Crippen LogP) is 3.01. The first-order valence-corrected chi connectivity index (χ1v) is 10.3. The number of aliphatic hydroxyl groups excluding tert-OH is 1. The molecular formula is C21H24N2O7S. The van der Waals surface area contributed by atoms with Crippen LogP contribution in [-0.4, -0.2) is 57.7 Å². The highest BCUT2D eigenvalue weighted by Gasteiger charge is 2.11. The van der Waals surface area contributed by atoms with Gasteiger partial charge in [-0.05, 0) is 35.7 Å². The monoisotopic (exact) mass is 448 g/mol. The topological polar surface area (TPSA) is 142 Å². The lowest BCUT2D eigenvalue weighted by atomic mass is 10.1. The zero-order valence-corrected chi connectivity index (χ0v) is 17.8. The molecule has 0 fully saturated rings. The summed E-state index contributed by atoms with van der Waals surface area (Å²) in [5.41, 5.74) is 1.82. The fourth-order valence-corrected chi connectivity index (χ4v) is 3.06. The molecule has 1 atom stereocenters. The Hall–Kier alpha value is -3.21. The molecule has 0 spiro atoms. The second-order valence-electron chi connectivity index (χ2n) is 6.71. The number of aliphatic hydroxyl groups is 1. The number of ether oxygens (including phenoxy) is 1. The summed E-state index contributed by atoms with van der Waals surface area (Å²) >= 11 is 1.54. The molecule has 0 amide bonds. The lowest BCUT2D eigenvalue weighted by molar-refractivity contribution is -0.134. The van der Waals surface area contributed by atoms with Crippen molar-refractivity contribution in [1.29, 1.82) is 0 Å². The summed E-state index contributed by atoms with van der Waals surface area (Å²) in [6.45, 7) is 4.87. The lowest BCUT2D eigenvalue weighted by Gasteiger charge is -2.15. The minimum absolute atomic E-state index is 0.262. The molecule has 4 N–H and O–H groups in total. The second kappa shape index (κ2) is 11.8. The Kier molecular flexibility index (Phi) is 9.19. The van der Waals surface area contributed by atoms with Crippen molar-refractivity contribution in [3.63, 3.8) is 0 Å². The fraction of sp³-hybridized carbons (Fsp3) is 0.286. The van der Waals surface area contributed by atoms with E-state index in [4.69, 9.17) is 19.5 Å². The van der Waals surface area contributed by atoms with Crippen LogP contribution < -0.4 is 10.1 Å². The van der Waals surface area contributed by atoms with Gasteiger partial charge in [-0.15, -0.1) is 11.3 Å². The van der Waals surface area contributed by atoms with E-state index in [1.807, 2.05) is 49.6 Å². The number of hydrogen-bond acceptors (Lipinski definition) is 8. The summed E-state index contributed by atoms with van der Waals surface area (Å²) in [5, 5.41) is 35.8. The number of hydrogen-bond donors (Lipinski definition) is 4. The highest BCUT2D eigenvalue weighted by Crippen LogP contribution is 2.31. The molecule has 1 aromatic carbocycles. The maximum absolute atomic E-state index is 9.85. The molecule has 0 aliphatic rings. The highest BCUT2D eigenvalue weighted by atomic mass is 32.1. The zero-order valence-electron chi connectivity index (χ0n) is 17.0. The number of carboxylic acid groups (broad SMARTS) is 2. The molecule has 9 nitrogen and oxygen atoms in total. The molecule has 3 aromatic rings. The molecule has 31 heavy (non-hydrogen) atoms. The maximum Gasteiger partial charge on any atom is 0.328 e. The average molecular weight is 448 g/mol. The number of rotatable bonds is 9. The Labute approximate surface area is 182 Å². The van der Waals surface area contributed by atoms with E-state index in [0.29, 0.717) is 24.7 Å². The Morgan fingerprint density at radius 2 is 1.81 bits per heavy atom. The summed E-state index contributed by atoms with van der Waals surface area (Å²) in [7, 11) is 0. The van der Waals surface area contributed by atoms with E-state index in [1.54, 1.807) is 0 Å². The van der Waals surface area contributed by atoms with E-state index in [9.17, 15) is 14.7 Å².